The second-order valence-corrected chi connectivity index (χ2v) is 7.17. The van der Waals surface area contributed by atoms with Gasteiger partial charge in [0, 0.05) is 24.6 Å². The fourth-order valence-corrected chi connectivity index (χ4v) is 3.67. The number of amides is 1. The lowest BCUT2D eigenvalue weighted by molar-refractivity contribution is 0.0704. The quantitative estimate of drug-likeness (QED) is 0.651. The lowest BCUT2D eigenvalue weighted by Crippen LogP contribution is -2.39. The standard InChI is InChI=1S/C21H20ClN3O3/c1-27-16-8-4-6-14(12-16)20-23-19(24-28-20)15-7-5-11-25(13-15)21(26)17-9-2-3-10-18(17)22/h2-4,6,8-10,12,15H,5,7,11,13H2,1H3. The monoisotopic (exact) mass is 397 g/mol. The topological polar surface area (TPSA) is 68.5 Å². The Morgan fingerprint density at radius 1 is 1.25 bits per heavy atom. The molecular formula is C21H20ClN3O3. The Labute approximate surface area is 168 Å². The van der Waals surface area contributed by atoms with E-state index in [1.54, 1.807) is 19.2 Å². The average molecular weight is 398 g/mol. The molecule has 1 aromatic heterocycles. The van der Waals surface area contributed by atoms with Crippen LogP contribution in [0.15, 0.2) is 53.1 Å². The molecule has 6 nitrogen and oxygen atoms in total. The van der Waals surface area contributed by atoms with Gasteiger partial charge >= 0.3 is 0 Å². The molecule has 1 unspecified atom stereocenters. The Balaban J connectivity index is 1.51. The maximum absolute atomic E-state index is 12.9. The number of hydrogen-bond donors (Lipinski definition) is 0. The first kappa shape index (κ1) is 18.5. The summed E-state index contributed by atoms with van der Waals surface area (Å²) in [6.45, 7) is 1.24. The normalized spacial score (nSPS) is 16.8. The average Bonchev–Trinajstić information content (AvgIpc) is 3.24. The van der Waals surface area contributed by atoms with Crippen molar-refractivity contribution in [3.63, 3.8) is 0 Å². The molecule has 2 aromatic carbocycles. The maximum Gasteiger partial charge on any atom is 0.258 e. The number of halogens is 1. The van der Waals surface area contributed by atoms with Gasteiger partial charge in [0.05, 0.1) is 17.7 Å². The first-order chi connectivity index (χ1) is 13.7. The van der Waals surface area contributed by atoms with Crippen molar-refractivity contribution < 1.29 is 14.1 Å². The number of benzene rings is 2. The molecule has 0 N–H and O–H groups in total. The van der Waals surface area contributed by atoms with E-state index in [4.69, 9.17) is 20.9 Å². The molecule has 0 aliphatic carbocycles. The molecule has 1 aliphatic rings. The van der Waals surface area contributed by atoms with Crippen LogP contribution in [0.25, 0.3) is 11.5 Å². The molecular weight excluding hydrogens is 378 g/mol. The Hall–Kier alpha value is -2.86. The molecule has 0 bridgehead atoms. The van der Waals surface area contributed by atoms with Crippen LogP contribution in [0.5, 0.6) is 5.75 Å². The highest BCUT2D eigenvalue weighted by Gasteiger charge is 2.29. The molecule has 1 atom stereocenters. The summed E-state index contributed by atoms with van der Waals surface area (Å²) in [5.74, 6) is 1.76. The number of aromatic nitrogens is 2. The molecule has 2 heterocycles. The van der Waals surface area contributed by atoms with Gasteiger partial charge in [0.15, 0.2) is 5.82 Å². The fraction of sp³-hybridized carbons (Fsp3) is 0.286. The highest BCUT2D eigenvalue weighted by Crippen LogP contribution is 2.29. The van der Waals surface area contributed by atoms with Crippen LogP contribution in [0.4, 0.5) is 0 Å². The van der Waals surface area contributed by atoms with E-state index in [2.05, 4.69) is 10.1 Å². The van der Waals surface area contributed by atoms with Crippen LogP contribution in [0.2, 0.25) is 5.02 Å². The minimum atomic E-state index is -0.0631. The Morgan fingerprint density at radius 2 is 2.11 bits per heavy atom. The third kappa shape index (κ3) is 3.73. The summed E-state index contributed by atoms with van der Waals surface area (Å²) in [5, 5.41) is 4.63. The van der Waals surface area contributed by atoms with E-state index in [0.29, 0.717) is 35.4 Å². The van der Waals surface area contributed by atoms with Crippen LogP contribution >= 0.6 is 11.6 Å². The van der Waals surface area contributed by atoms with Gasteiger partial charge in [-0.05, 0) is 43.2 Å². The lowest BCUT2D eigenvalue weighted by atomic mass is 9.96. The van der Waals surface area contributed by atoms with E-state index >= 15 is 0 Å². The van der Waals surface area contributed by atoms with Gasteiger partial charge in [-0.15, -0.1) is 0 Å². The minimum absolute atomic E-state index is 0.0308. The minimum Gasteiger partial charge on any atom is -0.497 e. The first-order valence-electron chi connectivity index (χ1n) is 9.17. The third-order valence-electron chi connectivity index (χ3n) is 4.94. The van der Waals surface area contributed by atoms with Crippen LogP contribution in [-0.4, -0.2) is 41.1 Å². The van der Waals surface area contributed by atoms with Gasteiger partial charge in [0.25, 0.3) is 11.8 Å². The summed E-state index contributed by atoms with van der Waals surface area (Å²) in [6.07, 6.45) is 1.78. The van der Waals surface area contributed by atoms with Crippen molar-refractivity contribution in [3.05, 3.63) is 64.9 Å². The van der Waals surface area contributed by atoms with Crippen LogP contribution in [-0.2, 0) is 0 Å². The van der Waals surface area contributed by atoms with Crippen molar-refractivity contribution in [3.8, 4) is 17.2 Å². The van der Waals surface area contributed by atoms with E-state index in [-0.39, 0.29) is 11.8 Å². The molecule has 1 saturated heterocycles. The number of carbonyl (C=O) groups excluding carboxylic acids is 1. The summed E-state index contributed by atoms with van der Waals surface area (Å²) in [6, 6.07) is 14.6. The molecule has 1 aliphatic heterocycles. The number of ether oxygens (including phenoxy) is 1. The zero-order valence-electron chi connectivity index (χ0n) is 15.5. The van der Waals surface area contributed by atoms with Crippen molar-refractivity contribution in [1.29, 1.82) is 0 Å². The van der Waals surface area contributed by atoms with Gasteiger partial charge in [0.1, 0.15) is 5.75 Å². The van der Waals surface area contributed by atoms with Crippen molar-refractivity contribution in [2.45, 2.75) is 18.8 Å². The summed E-state index contributed by atoms with van der Waals surface area (Å²) in [5.41, 5.74) is 1.33. The predicted molar refractivity (Wildman–Crippen MR) is 106 cm³/mol. The third-order valence-corrected chi connectivity index (χ3v) is 5.27. The molecule has 0 spiro atoms. The van der Waals surface area contributed by atoms with Crippen molar-refractivity contribution in [1.82, 2.24) is 15.0 Å². The van der Waals surface area contributed by atoms with E-state index in [9.17, 15) is 4.79 Å². The van der Waals surface area contributed by atoms with Crippen molar-refractivity contribution in [2.75, 3.05) is 20.2 Å². The number of nitrogens with zero attached hydrogens (tertiary/aromatic N) is 3. The molecule has 0 radical (unpaired) electrons. The Morgan fingerprint density at radius 3 is 2.93 bits per heavy atom. The van der Waals surface area contributed by atoms with Gasteiger partial charge in [-0.3, -0.25) is 4.79 Å². The number of carbonyl (C=O) groups is 1. The largest absolute Gasteiger partial charge is 0.497 e. The second-order valence-electron chi connectivity index (χ2n) is 6.76. The molecule has 1 amide bonds. The highest BCUT2D eigenvalue weighted by atomic mass is 35.5. The maximum atomic E-state index is 12.9. The second kappa shape index (κ2) is 8.02. The van der Waals surface area contributed by atoms with Gasteiger partial charge in [0.2, 0.25) is 0 Å². The molecule has 28 heavy (non-hydrogen) atoms. The lowest BCUT2D eigenvalue weighted by Gasteiger charge is -2.31. The van der Waals surface area contributed by atoms with Crippen LogP contribution < -0.4 is 4.74 Å². The smallest absolute Gasteiger partial charge is 0.258 e. The summed E-state index contributed by atoms with van der Waals surface area (Å²) >= 11 is 6.19. The van der Waals surface area contributed by atoms with E-state index in [1.807, 2.05) is 41.3 Å². The molecule has 4 rings (SSSR count). The van der Waals surface area contributed by atoms with Crippen LogP contribution in [0.3, 0.4) is 0 Å². The molecule has 144 valence electrons. The number of rotatable bonds is 4. The van der Waals surface area contributed by atoms with Crippen molar-refractivity contribution >= 4 is 17.5 Å². The van der Waals surface area contributed by atoms with E-state index < -0.39 is 0 Å². The van der Waals surface area contributed by atoms with E-state index in [1.165, 1.54) is 0 Å². The Kier molecular flexibility index (Phi) is 5.30. The number of piperidine rings is 1. The number of hydrogen-bond acceptors (Lipinski definition) is 5. The van der Waals surface area contributed by atoms with Gasteiger partial charge in [-0.1, -0.05) is 35.0 Å². The fourth-order valence-electron chi connectivity index (χ4n) is 3.45. The number of methoxy groups -OCH3 is 1. The molecule has 7 heteroatoms. The summed E-state index contributed by atoms with van der Waals surface area (Å²) in [4.78, 5) is 19.2. The molecule has 3 aromatic rings. The number of likely N-dealkylation sites (tertiary alicyclic amines) is 1. The zero-order valence-corrected chi connectivity index (χ0v) is 16.2. The first-order valence-corrected chi connectivity index (χ1v) is 9.55. The predicted octanol–water partition coefficient (Wildman–Crippen LogP) is 4.42. The van der Waals surface area contributed by atoms with Gasteiger partial charge in [-0.25, -0.2) is 0 Å². The molecule has 0 saturated carbocycles. The summed E-state index contributed by atoms with van der Waals surface area (Å²) in [7, 11) is 1.62. The van der Waals surface area contributed by atoms with Crippen molar-refractivity contribution in [2.24, 2.45) is 0 Å². The molecule has 1 fully saturated rings. The van der Waals surface area contributed by atoms with Crippen LogP contribution in [0.1, 0.15) is 34.9 Å². The SMILES string of the molecule is COc1cccc(-c2nc(C3CCCN(C(=O)c4ccccc4Cl)C3)no2)c1. The Bertz CT molecular complexity index is 988. The van der Waals surface area contributed by atoms with E-state index in [0.717, 1.165) is 24.2 Å². The van der Waals surface area contributed by atoms with Crippen LogP contribution in [0, 0.1) is 0 Å². The van der Waals surface area contributed by atoms with Gasteiger partial charge < -0.3 is 14.2 Å². The zero-order chi connectivity index (χ0) is 19.5. The van der Waals surface area contributed by atoms with Gasteiger partial charge in [-0.2, -0.15) is 4.98 Å². The highest BCUT2D eigenvalue weighted by molar-refractivity contribution is 6.33. The summed E-state index contributed by atoms with van der Waals surface area (Å²) < 4.78 is 10.7.